The average molecular weight is 501 g/mol. The molecule has 5 heterocycles. The van der Waals surface area contributed by atoms with E-state index in [-0.39, 0.29) is 0 Å². The number of furan rings is 1. The number of morpholine rings is 1. The van der Waals surface area contributed by atoms with Crippen molar-refractivity contribution in [3.63, 3.8) is 0 Å². The van der Waals surface area contributed by atoms with Gasteiger partial charge in [-0.1, -0.05) is 30.3 Å². The van der Waals surface area contributed by atoms with Gasteiger partial charge in [0, 0.05) is 31.8 Å². The van der Waals surface area contributed by atoms with Gasteiger partial charge in [-0.05, 0) is 25.7 Å². The average Bonchev–Trinajstić information content (AvgIpc) is 3.53. The first kappa shape index (κ1) is 23.2. The first-order valence-electron chi connectivity index (χ1n) is 12.2. The second kappa shape index (κ2) is 10.0. The molecule has 1 aliphatic heterocycles. The highest BCUT2D eigenvalue weighted by Gasteiger charge is 2.23. The lowest BCUT2D eigenvalue weighted by atomic mass is 10.2. The number of likely N-dealkylation sites (N-methyl/N-ethyl adjacent to an activating group) is 1. The van der Waals surface area contributed by atoms with E-state index in [2.05, 4.69) is 30.3 Å². The van der Waals surface area contributed by atoms with Crippen LogP contribution in [0.4, 0.5) is 17.6 Å². The minimum atomic E-state index is 0.425. The number of ether oxygens (including phenoxy) is 2. The second-order valence-electron chi connectivity index (χ2n) is 9.06. The summed E-state index contributed by atoms with van der Waals surface area (Å²) in [6.45, 7) is 3.98. The maximum absolute atomic E-state index is 6.21. The van der Waals surface area contributed by atoms with E-state index in [4.69, 9.17) is 23.9 Å². The van der Waals surface area contributed by atoms with Crippen LogP contribution in [-0.4, -0.2) is 83.6 Å². The van der Waals surface area contributed by atoms with E-state index in [1.807, 2.05) is 62.6 Å². The van der Waals surface area contributed by atoms with Crippen molar-refractivity contribution in [1.29, 1.82) is 0 Å². The summed E-state index contributed by atoms with van der Waals surface area (Å²) in [5.41, 5.74) is 3.68. The van der Waals surface area contributed by atoms with Crippen LogP contribution in [0.5, 0.6) is 5.88 Å². The van der Waals surface area contributed by atoms with E-state index in [9.17, 15) is 0 Å². The standard InChI is InChI=1S/C26H28N8O3/c1-33(2)10-15-36-21-9-8-18-22-23(37-25(18)28-21)24(34-11-13-35-14-12-34)30-26(29-22)27-20-16-19(31-32-20)17-6-4-3-5-7-17/h3-9,16H,10-15H2,1-2H3,(H2,27,29,30,31,32). The maximum atomic E-state index is 6.21. The Hall–Kier alpha value is -4.22. The van der Waals surface area contributed by atoms with Gasteiger partial charge in [0.2, 0.25) is 17.5 Å². The van der Waals surface area contributed by atoms with Gasteiger partial charge in [0.25, 0.3) is 0 Å². The highest BCUT2D eigenvalue weighted by Crippen LogP contribution is 2.35. The third-order valence-corrected chi connectivity index (χ3v) is 6.14. The van der Waals surface area contributed by atoms with Gasteiger partial charge in [-0.15, -0.1) is 0 Å². The summed E-state index contributed by atoms with van der Waals surface area (Å²) < 4.78 is 17.6. The predicted molar refractivity (Wildman–Crippen MR) is 141 cm³/mol. The molecule has 1 aliphatic rings. The fourth-order valence-corrected chi connectivity index (χ4v) is 4.22. The van der Waals surface area contributed by atoms with Crippen LogP contribution in [0.3, 0.4) is 0 Å². The lowest BCUT2D eigenvalue weighted by Gasteiger charge is -2.27. The normalized spacial score (nSPS) is 14.1. The van der Waals surface area contributed by atoms with Crippen LogP contribution in [0.15, 0.2) is 52.9 Å². The summed E-state index contributed by atoms with van der Waals surface area (Å²) in [4.78, 5) is 18.4. The molecule has 1 fully saturated rings. The molecule has 0 spiro atoms. The van der Waals surface area contributed by atoms with E-state index in [1.165, 1.54) is 0 Å². The summed E-state index contributed by atoms with van der Waals surface area (Å²) >= 11 is 0. The number of nitrogens with zero attached hydrogens (tertiary/aromatic N) is 6. The molecule has 11 heteroatoms. The van der Waals surface area contributed by atoms with Gasteiger partial charge in [-0.3, -0.25) is 5.10 Å². The zero-order chi connectivity index (χ0) is 25.2. The number of pyridine rings is 1. The predicted octanol–water partition coefficient (Wildman–Crippen LogP) is 3.68. The topological polar surface area (TPSA) is 117 Å². The number of H-pyrrole nitrogens is 1. The number of hydrogen-bond acceptors (Lipinski definition) is 10. The molecular formula is C26H28N8O3. The lowest BCUT2D eigenvalue weighted by molar-refractivity contribution is 0.122. The largest absolute Gasteiger partial charge is 0.476 e. The maximum Gasteiger partial charge on any atom is 0.232 e. The van der Waals surface area contributed by atoms with Crippen LogP contribution in [-0.2, 0) is 4.74 Å². The Morgan fingerprint density at radius 1 is 1.05 bits per heavy atom. The van der Waals surface area contributed by atoms with Gasteiger partial charge in [-0.25, -0.2) is 4.98 Å². The third-order valence-electron chi connectivity index (χ3n) is 6.14. The molecule has 5 aromatic rings. The summed E-state index contributed by atoms with van der Waals surface area (Å²) in [6.07, 6.45) is 0. The number of aromatic nitrogens is 5. The molecule has 37 heavy (non-hydrogen) atoms. The number of hydrogen-bond donors (Lipinski definition) is 2. The Labute approximate surface area is 213 Å². The molecule has 4 aromatic heterocycles. The van der Waals surface area contributed by atoms with Crippen molar-refractivity contribution < 1.29 is 13.9 Å². The lowest BCUT2D eigenvalue weighted by Crippen LogP contribution is -2.37. The smallest absolute Gasteiger partial charge is 0.232 e. The second-order valence-corrected chi connectivity index (χ2v) is 9.06. The van der Waals surface area contributed by atoms with Gasteiger partial charge in [-0.2, -0.15) is 15.1 Å². The molecule has 0 bridgehead atoms. The van der Waals surface area contributed by atoms with Crippen molar-refractivity contribution in [2.75, 3.05) is 63.8 Å². The highest BCUT2D eigenvalue weighted by molar-refractivity contribution is 6.05. The molecular weight excluding hydrogens is 472 g/mol. The van der Waals surface area contributed by atoms with Crippen molar-refractivity contribution in [2.45, 2.75) is 0 Å². The van der Waals surface area contributed by atoms with Gasteiger partial charge in [0.05, 0.1) is 24.3 Å². The summed E-state index contributed by atoms with van der Waals surface area (Å²) in [7, 11) is 4.00. The van der Waals surface area contributed by atoms with Gasteiger partial charge in [0.1, 0.15) is 12.1 Å². The molecule has 0 radical (unpaired) electrons. The molecule has 1 aromatic carbocycles. The first-order valence-corrected chi connectivity index (χ1v) is 12.2. The van der Waals surface area contributed by atoms with E-state index >= 15 is 0 Å². The van der Waals surface area contributed by atoms with Crippen LogP contribution < -0.4 is 15.0 Å². The van der Waals surface area contributed by atoms with E-state index < -0.39 is 0 Å². The quantitative estimate of drug-likeness (QED) is 0.327. The van der Waals surface area contributed by atoms with E-state index in [1.54, 1.807) is 0 Å². The molecule has 0 amide bonds. The summed E-state index contributed by atoms with van der Waals surface area (Å²) in [5.74, 6) is 2.25. The molecule has 0 unspecified atom stereocenters. The Morgan fingerprint density at radius 3 is 2.70 bits per heavy atom. The fraction of sp³-hybridized carbons (Fsp3) is 0.308. The molecule has 11 nitrogen and oxygen atoms in total. The number of rotatable bonds is 8. The summed E-state index contributed by atoms with van der Waals surface area (Å²) in [5, 5.41) is 11.5. The number of nitrogens with one attached hydrogen (secondary N) is 2. The highest BCUT2D eigenvalue weighted by atomic mass is 16.5. The van der Waals surface area contributed by atoms with Crippen molar-refractivity contribution >= 4 is 39.8 Å². The molecule has 6 rings (SSSR count). The monoisotopic (exact) mass is 500 g/mol. The van der Waals surface area contributed by atoms with Crippen LogP contribution in [0.1, 0.15) is 0 Å². The zero-order valence-electron chi connectivity index (χ0n) is 20.8. The number of benzene rings is 1. The third kappa shape index (κ3) is 4.91. The minimum absolute atomic E-state index is 0.425. The molecule has 0 atom stereocenters. The Morgan fingerprint density at radius 2 is 1.89 bits per heavy atom. The molecule has 2 N–H and O–H groups in total. The Balaban J connectivity index is 1.36. The molecule has 1 saturated heterocycles. The van der Waals surface area contributed by atoms with E-state index in [0.29, 0.717) is 73.2 Å². The fourth-order valence-electron chi connectivity index (χ4n) is 4.22. The van der Waals surface area contributed by atoms with E-state index in [0.717, 1.165) is 23.2 Å². The summed E-state index contributed by atoms with van der Waals surface area (Å²) in [6, 6.07) is 15.7. The van der Waals surface area contributed by atoms with Gasteiger partial charge >= 0.3 is 0 Å². The van der Waals surface area contributed by atoms with Crippen LogP contribution in [0.2, 0.25) is 0 Å². The molecule has 190 valence electrons. The Bertz CT molecular complexity index is 1510. The molecule has 0 aliphatic carbocycles. The van der Waals surface area contributed by atoms with Crippen LogP contribution >= 0.6 is 0 Å². The van der Waals surface area contributed by atoms with Crippen molar-refractivity contribution in [3.05, 3.63) is 48.5 Å². The number of fused-ring (bicyclic) bond motifs is 3. The van der Waals surface area contributed by atoms with Crippen molar-refractivity contribution in [1.82, 2.24) is 30.0 Å². The van der Waals surface area contributed by atoms with Gasteiger partial charge in [0.15, 0.2) is 17.2 Å². The zero-order valence-corrected chi connectivity index (χ0v) is 20.8. The Kier molecular flexibility index (Phi) is 6.29. The number of aromatic amines is 1. The first-order chi connectivity index (χ1) is 18.1. The molecule has 0 saturated carbocycles. The van der Waals surface area contributed by atoms with Crippen LogP contribution in [0, 0.1) is 0 Å². The van der Waals surface area contributed by atoms with Crippen molar-refractivity contribution in [3.8, 4) is 17.1 Å². The van der Waals surface area contributed by atoms with Gasteiger partial charge < -0.3 is 29.0 Å². The van der Waals surface area contributed by atoms with Crippen LogP contribution in [0.25, 0.3) is 33.5 Å². The minimum Gasteiger partial charge on any atom is -0.476 e. The number of anilines is 3. The van der Waals surface area contributed by atoms with Crippen molar-refractivity contribution in [2.24, 2.45) is 0 Å². The SMILES string of the molecule is CN(C)CCOc1ccc2c(n1)oc1c(N3CCOCC3)nc(Nc3cc(-c4ccccc4)[nH]n3)nc12.